The summed E-state index contributed by atoms with van der Waals surface area (Å²) in [5.41, 5.74) is -0.717. The summed E-state index contributed by atoms with van der Waals surface area (Å²) in [7, 11) is 0. The van der Waals surface area contributed by atoms with E-state index >= 15 is 0 Å². The Hall–Kier alpha value is -0.610. The van der Waals surface area contributed by atoms with Crippen LogP contribution in [0.5, 0.6) is 0 Å². The van der Waals surface area contributed by atoms with Gasteiger partial charge in [0.1, 0.15) is 0 Å². The van der Waals surface area contributed by atoms with Crippen LogP contribution < -0.4 is 5.32 Å². The number of aliphatic carboxylic acids is 1. The van der Waals surface area contributed by atoms with Crippen molar-refractivity contribution in [3.63, 3.8) is 0 Å². The second-order valence-corrected chi connectivity index (χ2v) is 4.36. The topological polar surface area (TPSA) is 69.6 Å². The summed E-state index contributed by atoms with van der Waals surface area (Å²) in [4.78, 5) is 10.7. The highest BCUT2D eigenvalue weighted by Gasteiger charge is 2.26. The van der Waals surface area contributed by atoms with Gasteiger partial charge in [-0.1, -0.05) is 0 Å². The van der Waals surface area contributed by atoms with Crippen LogP contribution in [0.15, 0.2) is 0 Å². The molecule has 14 heavy (non-hydrogen) atoms. The third kappa shape index (κ3) is 5.94. The van der Waals surface area contributed by atoms with Gasteiger partial charge in [0.15, 0.2) is 0 Å². The lowest BCUT2D eigenvalue weighted by atomic mass is 9.94. The summed E-state index contributed by atoms with van der Waals surface area (Å²) in [6.45, 7) is 6.35. The largest absolute Gasteiger partial charge is 0.481 e. The molecule has 0 radical (unpaired) electrons. The molecule has 0 aromatic heterocycles. The number of aliphatic hydroxyl groups excluding tert-OH is 1. The van der Waals surface area contributed by atoms with Crippen molar-refractivity contribution in [3.8, 4) is 0 Å². The molecule has 0 saturated heterocycles. The molecule has 0 spiro atoms. The SMILES string of the molecule is CC(O)CCCNCC(C)(C)C(=O)O. The van der Waals surface area contributed by atoms with Crippen LogP contribution in [0.4, 0.5) is 0 Å². The van der Waals surface area contributed by atoms with Crippen molar-refractivity contribution >= 4 is 5.97 Å². The smallest absolute Gasteiger partial charge is 0.310 e. The molecule has 0 aliphatic carbocycles. The highest BCUT2D eigenvalue weighted by Crippen LogP contribution is 2.12. The normalized spacial score (nSPS) is 14.0. The molecule has 84 valence electrons. The molecule has 0 bridgehead atoms. The maximum atomic E-state index is 10.7. The molecule has 4 nitrogen and oxygen atoms in total. The number of hydrogen-bond donors (Lipinski definition) is 3. The van der Waals surface area contributed by atoms with Crippen molar-refractivity contribution < 1.29 is 15.0 Å². The second-order valence-electron chi connectivity index (χ2n) is 4.36. The van der Waals surface area contributed by atoms with Gasteiger partial charge in [-0.15, -0.1) is 0 Å². The lowest BCUT2D eigenvalue weighted by Gasteiger charge is -2.19. The number of aliphatic hydroxyl groups is 1. The molecule has 0 rings (SSSR count). The average Bonchev–Trinajstić information content (AvgIpc) is 2.02. The first-order valence-electron chi connectivity index (χ1n) is 4.98. The molecule has 0 heterocycles. The minimum Gasteiger partial charge on any atom is -0.481 e. The number of carbonyl (C=O) groups is 1. The van der Waals surface area contributed by atoms with Gasteiger partial charge in [-0.3, -0.25) is 4.79 Å². The van der Waals surface area contributed by atoms with E-state index in [2.05, 4.69) is 5.32 Å². The van der Waals surface area contributed by atoms with Crippen LogP contribution in [0.2, 0.25) is 0 Å². The molecule has 0 saturated carbocycles. The van der Waals surface area contributed by atoms with E-state index in [1.165, 1.54) is 0 Å². The van der Waals surface area contributed by atoms with Gasteiger partial charge in [0.25, 0.3) is 0 Å². The molecule has 0 aliphatic heterocycles. The van der Waals surface area contributed by atoms with E-state index in [1.54, 1.807) is 20.8 Å². The first-order valence-corrected chi connectivity index (χ1v) is 4.98. The highest BCUT2D eigenvalue weighted by molar-refractivity contribution is 5.73. The van der Waals surface area contributed by atoms with Crippen LogP contribution >= 0.6 is 0 Å². The summed E-state index contributed by atoms with van der Waals surface area (Å²) >= 11 is 0. The highest BCUT2D eigenvalue weighted by atomic mass is 16.4. The Kier molecular flexibility index (Phi) is 5.72. The third-order valence-corrected chi connectivity index (χ3v) is 2.12. The van der Waals surface area contributed by atoms with Gasteiger partial charge in [-0.05, 0) is 40.2 Å². The second kappa shape index (κ2) is 5.98. The van der Waals surface area contributed by atoms with Crippen LogP contribution in [0.1, 0.15) is 33.6 Å². The monoisotopic (exact) mass is 203 g/mol. The number of nitrogens with one attached hydrogen (secondary N) is 1. The van der Waals surface area contributed by atoms with E-state index < -0.39 is 11.4 Å². The summed E-state index contributed by atoms with van der Waals surface area (Å²) in [5.74, 6) is -0.791. The van der Waals surface area contributed by atoms with Crippen molar-refractivity contribution in [2.24, 2.45) is 5.41 Å². The minimum atomic E-state index is -0.791. The Morgan fingerprint density at radius 1 is 1.50 bits per heavy atom. The van der Waals surface area contributed by atoms with Crippen LogP contribution in [0.3, 0.4) is 0 Å². The fraction of sp³-hybridized carbons (Fsp3) is 0.900. The maximum Gasteiger partial charge on any atom is 0.310 e. The molecule has 1 unspecified atom stereocenters. The Morgan fingerprint density at radius 3 is 2.50 bits per heavy atom. The van der Waals surface area contributed by atoms with Gasteiger partial charge >= 0.3 is 5.97 Å². The molecule has 4 heteroatoms. The van der Waals surface area contributed by atoms with Crippen LogP contribution in [-0.2, 0) is 4.79 Å². The molecule has 0 aliphatic rings. The first kappa shape index (κ1) is 13.4. The van der Waals surface area contributed by atoms with E-state index in [1.807, 2.05) is 0 Å². The zero-order chi connectivity index (χ0) is 11.2. The van der Waals surface area contributed by atoms with E-state index in [9.17, 15) is 4.79 Å². The van der Waals surface area contributed by atoms with Crippen molar-refractivity contribution in [3.05, 3.63) is 0 Å². The lowest BCUT2D eigenvalue weighted by molar-refractivity contribution is -0.146. The molecular weight excluding hydrogens is 182 g/mol. The zero-order valence-corrected chi connectivity index (χ0v) is 9.21. The Labute approximate surface area is 85.3 Å². The van der Waals surface area contributed by atoms with Gasteiger partial charge in [0, 0.05) is 6.54 Å². The average molecular weight is 203 g/mol. The molecule has 1 atom stereocenters. The predicted molar refractivity (Wildman–Crippen MR) is 55.2 cm³/mol. The van der Waals surface area contributed by atoms with Gasteiger partial charge in [0.05, 0.1) is 11.5 Å². The first-order chi connectivity index (χ1) is 6.36. The molecule has 0 fully saturated rings. The zero-order valence-electron chi connectivity index (χ0n) is 9.21. The van der Waals surface area contributed by atoms with E-state index in [4.69, 9.17) is 10.2 Å². The lowest BCUT2D eigenvalue weighted by Crippen LogP contribution is -2.36. The Bertz CT molecular complexity index is 178. The summed E-state index contributed by atoms with van der Waals surface area (Å²) in [6.07, 6.45) is 1.35. The van der Waals surface area contributed by atoms with Crippen LogP contribution in [0, 0.1) is 5.41 Å². The molecule has 0 aromatic rings. The van der Waals surface area contributed by atoms with Crippen LogP contribution in [-0.4, -0.2) is 35.4 Å². The standard InChI is InChI=1S/C10H21NO3/c1-8(12)5-4-6-11-7-10(2,3)9(13)14/h8,11-12H,4-7H2,1-3H3,(H,13,14). The van der Waals surface area contributed by atoms with E-state index in [0.29, 0.717) is 6.54 Å². The fourth-order valence-electron chi connectivity index (χ4n) is 0.999. The van der Waals surface area contributed by atoms with Crippen molar-refractivity contribution in [1.82, 2.24) is 5.32 Å². The van der Waals surface area contributed by atoms with Crippen molar-refractivity contribution in [2.75, 3.05) is 13.1 Å². The maximum absolute atomic E-state index is 10.7. The number of rotatable bonds is 7. The summed E-state index contributed by atoms with van der Waals surface area (Å²) < 4.78 is 0. The third-order valence-electron chi connectivity index (χ3n) is 2.12. The number of carboxylic acids is 1. The van der Waals surface area contributed by atoms with Gasteiger partial charge < -0.3 is 15.5 Å². The van der Waals surface area contributed by atoms with Crippen molar-refractivity contribution in [2.45, 2.75) is 39.7 Å². The van der Waals surface area contributed by atoms with E-state index in [-0.39, 0.29) is 6.10 Å². The number of carboxylic acid groups (broad SMARTS) is 1. The fourth-order valence-corrected chi connectivity index (χ4v) is 0.999. The molecule has 0 aromatic carbocycles. The molecule has 0 amide bonds. The minimum absolute atomic E-state index is 0.274. The predicted octanol–water partition coefficient (Wildman–Crippen LogP) is 0.848. The quantitative estimate of drug-likeness (QED) is 0.536. The van der Waals surface area contributed by atoms with Crippen molar-refractivity contribution in [1.29, 1.82) is 0 Å². The number of hydrogen-bond acceptors (Lipinski definition) is 3. The summed E-state index contributed by atoms with van der Waals surface area (Å²) in [6, 6.07) is 0. The van der Waals surface area contributed by atoms with Gasteiger partial charge in [-0.25, -0.2) is 0 Å². The van der Waals surface area contributed by atoms with Crippen LogP contribution in [0.25, 0.3) is 0 Å². The Balaban J connectivity index is 3.49. The van der Waals surface area contributed by atoms with Gasteiger partial charge in [-0.2, -0.15) is 0 Å². The summed E-state index contributed by atoms with van der Waals surface area (Å²) in [5, 5.41) is 20.9. The van der Waals surface area contributed by atoms with E-state index in [0.717, 1.165) is 19.4 Å². The molecule has 3 N–H and O–H groups in total. The molecular formula is C10H21NO3. The Morgan fingerprint density at radius 2 is 2.07 bits per heavy atom. The van der Waals surface area contributed by atoms with Gasteiger partial charge in [0.2, 0.25) is 0 Å².